The van der Waals surface area contributed by atoms with Crippen LogP contribution in [-0.4, -0.2) is 6.61 Å². The molecular weight excluding hydrogens is 175 g/mol. The maximum absolute atomic E-state index is 10.2. The minimum Gasteiger partial charge on any atom is -0.490 e. The second kappa shape index (κ2) is 4.73. The number of benzene rings is 1. The zero-order valence-electron chi connectivity index (χ0n) is 6.74. The molecule has 0 spiro atoms. The molecule has 0 radical (unpaired) electrons. The molecule has 1 aromatic carbocycles. The molecule has 12 heavy (non-hydrogen) atoms. The van der Waals surface area contributed by atoms with E-state index in [9.17, 15) is 4.57 Å². The Labute approximate surface area is 72.6 Å². The predicted octanol–water partition coefficient (Wildman–Crippen LogP) is 2.40. The lowest BCUT2D eigenvalue weighted by Crippen LogP contribution is -1.92. The normalized spacial score (nSPS) is 9.75. The van der Waals surface area contributed by atoms with Crippen molar-refractivity contribution >= 4 is 8.69 Å². The number of hydrogen-bond acceptors (Lipinski definition) is 3. The van der Waals surface area contributed by atoms with Crippen molar-refractivity contribution in [3.63, 3.8) is 0 Å². The van der Waals surface area contributed by atoms with Gasteiger partial charge < -0.3 is 4.74 Å². The van der Waals surface area contributed by atoms with Crippen molar-refractivity contribution in [2.24, 2.45) is 0 Å². The first-order valence-electron chi connectivity index (χ1n) is 3.64. The van der Waals surface area contributed by atoms with Crippen LogP contribution in [0.3, 0.4) is 0 Å². The van der Waals surface area contributed by atoms with Gasteiger partial charge in [-0.05, 0) is 23.6 Å². The molecule has 0 saturated heterocycles. The monoisotopic (exact) mass is 185 g/mol. The van der Waals surface area contributed by atoms with Crippen LogP contribution in [0.15, 0.2) is 24.3 Å². The van der Waals surface area contributed by atoms with E-state index in [-0.39, 0.29) is 0 Å². The van der Waals surface area contributed by atoms with Gasteiger partial charge >= 0.3 is 8.69 Å². The fourth-order valence-corrected chi connectivity index (χ4v) is 1.11. The maximum atomic E-state index is 10.2. The van der Waals surface area contributed by atoms with Gasteiger partial charge in [-0.2, -0.15) is 0 Å². The summed E-state index contributed by atoms with van der Waals surface area (Å²) >= 11 is 0. The molecule has 1 rings (SSSR count). The lowest BCUT2D eigenvalue weighted by atomic mass is 10.3. The summed E-state index contributed by atoms with van der Waals surface area (Å²) in [5, 5.41) is 0. The van der Waals surface area contributed by atoms with E-state index in [1.54, 1.807) is 18.2 Å². The SMILES string of the molecule is CCOc1ccccc1O[PH+]=O. The number of para-hydroxylation sites is 2. The minimum atomic E-state index is -0.794. The van der Waals surface area contributed by atoms with Gasteiger partial charge in [0, 0.05) is 0 Å². The Balaban J connectivity index is 2.83. The Morgan fingerprint density at radius 2 is 2.00 bits per heavy atom. The van der Waals surface area contributed by atoms with Crippen molar-refractivity contribution in [1.82, 2.24) is 0 Å². The van der Waals surface area contributed by atoms with Gasteiger partial charge in [0.25, 0.3) is 0 Å². The van der Waals surface area contributed by atoms with Crippen LogP contribution in [0.25, 0.3) is 0 Å². The van der Waals surface area contributed by atoms with Gasteiger partial charge in [0.2, 0.25) is 5.75 Å². The predicted molar refractivity (Wildman–Crippen MR) is 47.2 cm³/mol. The largest absolute Gasteiger partial charge is 0.542 e. The van der Waals surface area contributed by atoms with Crippen LogP contribution < -0.4 is 9.26 Å². The molecule has 0 aromatic heterocycles. The highest BCUT2D eigenvalue weighted by molar-refractivity contribution is 7.17. The molecule has 3 nitrogen and oxygen atoms in total. The third kappa shape index (κ3) is 2.21. The highest BCUT2D eigenvalue weighted by Gasteiger charge is 2.06. The van der Waals surface area contributed by atoms with Crippen molar-refractivity contribution in [2.75, 3.05) is 6.61 Å². The van der Waals surface area contributed by atoms with Crippen LogP contribution in [0, 0.1) is 0 Å². The molecule has 64 valence electrons. The summed E-state index contributed by atoms with van der Waals surface area (Å²) in [4.78, 5) is 0. The van der Waals surface area contributed by atoms with Crippen LogP contribution in [0.1, 0.15) is 6.92 Å². The molecule has 0 saturated carbocycles. The third-order valence-electron chi connectivity index (χ3n) is 1.30. The first-order chi connectivity index (χ1) is 5.88. The summed E-state index contributed by atoms with van der Waals surface area (Å²) in [7, 11) is -0.794. The molecule has 0 aliphatic heterocycles. The summed E-state index contributed by atoms with van der Waals surface area (Å²) in [5.41, 5.74) is 0. The quantitative estimate of drug-likeness (QED) is 0.675. The second-order valence-corrected chi connectivity index (χ2v) is 2.44. The van der Waals surface area contributed by atoms with Crippen LogP contribution in [-0.2, 0) is 4.57 Å². The average Bonchev–Trinajstić information content (AvgIpc) is 2.09. The lowest BCUT2D eigenvalue weighted by molar-refractivity contribution is 0.329. The third-order valence-corrected chi connectivity index (χ3v) is 1.60. The standard InChI is InChI=1S/C8H10O3P/c1-2-10-7-5-3-4-6-8(7)11-12-9/h3-6,12H,2H2,1H3/q+1. The van der Waals surface area contributed by atoms with E-state index in [0.717, 1.165) is 0 Å². The average molecular weight is 185 g/mol. The molecule has 0 bridgehead atoms. The molecule has 0 aliphatic carbocycles. The Hall–Kier alpha value is -1.08. The highest BCUT2D eigenvalue weighted by Crippen LogP contribution is 2.28. The smallest absolute Gasteiger partial charge is 0.490 e. The van der Waals surface area contributed by atoms with Crippen LogP contribution in [0.4, 0.5) is 0 Å². The summed E-state index contributed by atoms with van der Waals surface area (Å²) in [6.07, 6.45) is 0. The zero-order chi connectivity index (χ0) is 8.81. The summed E-state index contributed by atoms with van der Waals surface area (Å²) in [5.74, 6) is 1.15. The molecule has 0 aliphatic rings. The van der Waals surface area contributed by atoms with Crippen molar-refractivity contribution in [3.8, 4) is 11.5 Å². The van der Waals surface area contributed by atoms with Crippen molar-refractivity contribution in [3.05, 3.63) is 24.3 Å². The van der Waals surface area contributed by atoms with Gasteiger partial charge in [-0.25, -0.2) is 0 Å². The summed E-state index contributed by atoms with van der Waals surface area (Å²) < 4.78 is 20.3. The van der Waals surface area contributed by atoms with Gasteiger partial charge in [0.15, 0.2) is 5.75 Å². The van der Waals surface area contributed by atoms with Crippen LogP contribution in [0.2, 0.25) is 0 Å². The van der Waals surface area contributed by atoms with E-state index in [1.165, 1.54) is 0 Å². The molecule has 0 fully saturated rings. The van der Waals surface area contributed by atoms with Crippen molar-refractivity contribution in [1.29, 1.82) is 0 Å². The second-order valence-electron chi connectivity index (χ2n) is 2.07. The molecule has 0 N–H and O–H groups in total. The van der Waals surface area contributed by atoms with Crippen LogP contribution >= 0.6 is 8.69 Å². The van der Waals surface area contributed by atoms with E-state index in [0.29, 0.717) is 18.1 Å². The fourth-order valence-electron chi connectivity index (χ4n) is 0.854. The van der Waals surface area contributed by atoms with Gasteiger partial charge in [-0.3, -0.25) is 4.52 Å². The Bertz CT molecular complexity index is 262. The molecular formula is C8H10O3P+. The number of rotatable bonds is 4. The van der Waals surface area contributed by atoms with Crippen molar-refractivity contribution < 1.29 is 13.8 Å². The van der Waals surface area contributed by atoms with Crippen LogP contribution in [0.5, 0.6) is 11.5 Å². The fraction of sp³-hybridized carbons (Fsp3) is 0.250. The maximum Gasteiger partial charge on any atom is 0.542 e. The topological polar surface area (TPSA) is 35.5 Å². The van der Waals surface area contributed by atoms with Crippen molar-refractivity contribution in [2.45, 2.75) is 6.92 Å². The minimum absolute atomic E-state index is 0.521. The van der Waals surface area contributed by atoms with E-state index in [4.69, 9.17) is 9.26 Å². The first-order valence-corrected chi connectivity index (χ1v) is 4.46. The summed E-state index contributed by atoms with van der Waals surface area (Å²) in [6.45, 7) is 2.46. The molecule has 0 heterocycles. The van der Waals surface area contributed by atoms with E-state index in [1.807, 2.05) is 13.0 Å². The lowest BCUT2D eigenvalue weighted by Gasteiger charge is -2.03. The molecule has 1 unspecified atom stereocenters. The molecule has 1 atom stereocenters. The zero-order valence-corrected chi connectivity index (χ0v) is 7.74. The summed E-state index contributed by atoms with van der Waals surface area (Å²) in [6, 6.07) is 7.14. The molecule has 4 heteroatoms. The Morgan fingerprint density at radius 3 is 2.58 bits per heavy atom. The molecule has 0 amide bonds. The van der Waals surface area contributed by atoms with Gasteiger partial charge in [-0.1, -0.05) is 12.1 Å². The highest BCUT2D eigenvalue weighted by atomic mass is 31.1. The van der Waals surface area contributed by atoms with Gasteiger partial charge in [-0.15, -0.1) is 0 Å². The number of hydrogen-bond donors (Lipinski definition) is 0. The van der Waals surface area contributed by atoms with Gasteiger partial charge in [0.05, 0.1) is 6.61 Å². The van der Waals surface area contributed by atoms with E-state index >= 15 is 0 Å². The first kappa shape index (κ1) is 9.01. The van der Waals surface area contributed by atoms with Gasteiger partial charge in [0.1, 0.15) is 0 Å². The Kier molecular flexibility index (Phi) is 3.55. The van der Waals surface area contributed by atoms with E-state index in [2.05, 4.69) is 0 Å². The van der Waals surface area contributed by atoms with E-state index < -0.39 is 8.69 Å². The number of ether oxygens (including phenoxy) is 1. The molecule has 1 aromatic rings. The Morgan fingerprint density at radius 1 is 1.33 bits per heavy atom.